The van der Waals surface area contributed by atoms with Gasteiger partial charge in [0, 0.05) is 49.2 Å². The summed E-state index contributed by atoms with van der Waals surface area (Å²) in [7, 11) is -3.66. The molecule has 0 unspecified atom stereocenters. The van der Waals surface area contributed by atoms with Crippen LogP contribution in [0.15, 0.2) is 30.5 Å². The van der Waals surface area contributed by atoms with Crippen LogP contribution in [0.1, 0.15) is 25.3 Å². The Bertz CT molecular complexity index is 854. The Kier molecular flexibility index (Phi) is 5.12. The van der Waals surface area contributed by atoms with Crippen molar-refractivity contribution in [1.82, 2.24) is 14.2 Å². The highest BCUT2D eigenvalue weighted by molar-refractivity contribution is 7.86. The Morgan fingerprint density at radius 1 is 1.32 bits per heavy atom. The minimum absolute atomic E-state index is 0.0850. The van der Waals surface area contributed by atoms with Gasteiger partial charge in [-0.3, -0.25) is 4.79 Å². The number of hydrogen-bond donors (Lipinski definition) is 2. The Balaban J connectivity index is 1.68. The summed E-state index contributed by atoms with van der Waals surface area (Å²) in [6.07, 6.45) is 2.98. The fourth-order valence-corrected chi connectivity index (χ4v) is 4.15. The Morgan fingerprint density at radius 3 is 2.64 bits per heavy atom. The maximum Gasteiger partial charge on any atom is 0.276 e. The summed E-state index contributed by atoms with van der Waals surface area (Å²) in [6, 6.07) is 8.02. The van der Waals surface area contributed by atoms with Crippen LogP contribution in [-0.4, -0.2) is 48.1 Å². The highest BCUT2D eigenvalue weighted by atomic mass is 32.2. The first-order valence-electron chi connectivity index (χ1n) is 8.51. The molecule has 2 heterocycles. The zero-order chi connectivity index (χ0) is 18.0. The van der Waals surface area contributed by atoms with Crippen molar-refractivity contribution < 1.29 is 13.2 Å². The maximum atomic E-state index is 12.9. The van der Waals surface area contributed by atoms with Crippen LogP contribution in [0.2, 0.25) is 0 Å². The lowest BCUT2D eigenvalue weighted by Gasteiger charge is -2.32. The largest absolute Gasteiger partial charge is 0.361 e. The quantitative estimate of drug-likeness (QED) is 0.839. The summed E-state index contributed by atoms with van der Waals surface area (Å²) in [4.78, 5) is 17.9. The fraction of sp³-hybridized carbons (Fsp3) is 0.471. The van der Waals surface area contributed by atoms with Gasteiger partial charge in [-0.05, 0) is 31.4 Å². The molecule has 2 aromatic rings. The van der Waals surface area contributed by atoms with E-state index in [1.807, 2.05) is 42.3 Å². The predicted molar refractivity (Wildman–Crippen MR) is 96.8 cm³/mol. The second-order valence-electron chi connectivity index (χ2n) is 6.43. The Labute approximate surface area is 148 Å². The first-order valence-corrected chi connectivity index (χ1v) is 10.0. The maximum absolute atomic E-state index is 12.9. The average Bonchev–Trinajstić information content (AvgIpc) is 3.01. The van der Waals surface area contributed by atoms with Crippen LogP contribution in [0.4, 0.5) is 0 Å². The molecule has 1 amide bonds. The van der Waals surface area contributed by atoms with Crippen molar-refractivity contribution >= 4 is 27.0 Å². The van der Waals surface area contributed by atoms with E-state index in [0.29, 0.717) is 39.0 Å². The van der Waals surface area contributed by atoms with E-state index in [1.165, 1.54) is 4.31 Å². The number of nitrogens with zero attached hydrogens (tertiary/aromatic N) is 2. The fourth-order valence-electron chi connectivity index (χ4n) is 3.43. The minimum Gasteiger partial charge on any atom is -0.361 e. The molecule has 3 N–H and O–H groups in total. The molecule has 0 saturated carbocycles. The summed E-state index contributed by atoms with van der Waals surface area (Å²) in [6.45, 7) is 3.74. The smallest absolute Gasteiger partial charge is 0.276 e. The van der Waals surface area contributed by atoms with E-state index >= 15 is 0 Å². The lowest BCUT2D eigenvalue weighted by molar-refractivity contribution is -0.137. The number of carbonyl (C=O) groups is 1. The molecule has 0 spiro atoms. The second kappa shape index (κ2) is 7.15. The van der Waals surface area contributed by atoms with Gasteiger partial charge in [0.1, 0.15) is 0 Å². The summed E-state index contributed by atoms with van der Waals surface area (Å²) >= 11 is 0. The molecule has 0 atom stereocenters. The normalized spacial score (nSPS) is 17.0. The van der Waals surface area contributed by atoms with Crippen molar-refractivity contribution in [3.8, 4) is 0 Å². The molecule has 1 aliphatic heterocycles. The number of para-hydroxylation sites is 1. The number of aromatic amines is 1. The number of carbonyl (C=O) groups excluding carboxylic acids is 1. The number of fused-ring (bicyclic) bond motifs is 1. The van der Waals surface area contributed by atoms with Gasteiger partial charge in [0.2, 0.25) is 5.91 Å². The molecule has 25 heavy (non-hydrogen) atoms. The van der Waals surface area contributed by atoms with Crippen molar-refractivity contribution in [2.75, 3.05) is 19.6 Å². The van der Waals surface area contributed by atoms with Crippen LogP contribution in [0.5, 0.6) is 0 Å². The van der Waals surface area contributed by atoms with E-state index in [2.05, 4.69) is 4.98 Å². The molecule has 1 saturated heterocycles. The molecule has 7 nitrogen and oxygen atoms in total. The molecule has 1 aromatic carbocycles. The zero-order valence-electron chi connectivity index (χ0n) is 14.3. The lowest BCUT2D eigenvalue weighted by atomic mass is 9.96. The van der Waals surface area contributed by atoms with E-state index in [9.17, 15) is 13.2 Å². The van der Waals surface area contributed by atoms with E-state index in [-0.39, 0.29) is 11.8 Å². The van der Waals surface area contributed by atoms with Crippen LogP contribution < -0.4 is 5.14 Å². The van der Waals surface area contributed by atoms with Crippen molar-refractivity contribution in [1.29, 1.82) is 0 Å². The Hall–Kier alpha value is -1.90. The molecular weight excluding hydrogens is 340 g/mol. The number of piperidine rings is 1. The van der Waals surface area contributed by atoms with Crippen LogP contribution in [-0.2, 0) is 21.5 Å². The standard InChI is InChI=1S/C17H24N4O3S/c1-2-20(12-14-11-19-16-6-4-3-5-15(14)16)17(22)13-7-9-21(10-8-13)25(18,23)24/h3-6,11,13,19H,2,7-10,12H2,1H3,(H2,18,23,24). The van der Waals surface area contributed by atoms with Crippen molar-refractivity contribution in [3.63, 3.8) is 0 Å². The van der Waals surface area contributed by atoms with E-state index < -0.39 is 10.2 Å². The van der Waals surface area contributed by atoms with E-state index in [4.69, 9.17) is 5.14 Å². The highest BCUT2D eigenvalue weighted by Gasteiger charge is 2.31. The summed E-state index contributed by atoms with van der Waals surface area (Å²) in [5, 5.41) is 6.28. The topological polar surface area (TPSA) is 99.5 Å². The van der Waals surface area contributed by atoms with Gasteiger partial charge in [-0.15, -0.1) is 0 Å². The number of nitrogens with one attached hydrogen (secondary N) is 1. The van der Waals surface area contributed by atoms with Crippen LogP contribution in [0.3, 0.4) is 0 Å². The van der Waals surface area contributed by atoms with Crippen LogP contribution in [0, 0.1) is 5.92 Å². The first kappa shape index (κ1) is 17.9. The first-order chi connectivity index (χ1) is 11.9. The number of nitrogens with two attached hydrogens (primary N) is 1. The molecule has 1 aromatic heterocycles. The number of benzene rings is 1. The van der Waals surface area contributed by atoms with Gasteiger partial charge in [-0.2, -0.15) is 12.7 Å². The zero-order valence-corrected chi connectivity index (χ0v) is 15.1. The van der Waals surface area contributed by atoms with Crippen molar-refractivity contribution in [2.24, 2.45) is 11.1 Å². The summed E-state index contributed by atoms with van der Waals surface area (Å²) < 4.78 is 24.0. The SMILES string of the molecule is CCN(Cc1c[nH]c2ccccc12)C(=O)C1CCN(S(N)(=O)=O)CC1. The number of aromatic nitrogens is 1. The number of H-pyrrole nitrogens is 1. The summed E-state index contributed by atoms with van der Waals surface area (Å²) in [5.41, 5.74) is 2.15. The molecule has 136 valence electrons. The number of hydrogen-bond acceptors (Lipinski definition) is 3. The van der Waals surface area contributed by atoms with Gasteiger partial charge in [0.15, 0.2) is 0 Å². The molecule has 8 heteroatoms. The second-order valence-corrected chi connectivity index (χ2v) is 7.98. The van der Waals surface area contributed by atoms with Gasteiger partial charge in [0.25, 0.3) is 10.2 Å². The molecule has 3 rings (SSSR count). The predicted octanol–water partition coefficient (Wildman–Crippen LogP) is 1.43. The van der Waals surface area contributed by atoms with Crippen LogP contribution >= 0.6 is 0 Å². The molecule has 0 bridgehead atoms. The monoisotopic (exact) mass is 364 g/mol. The van der Waals surface area contributed by atoms with Gasteiger partial charge in [0.05, 0.1) is 0 Å². The molecule has 1 fully saturated rings. The van der Waals surface area contributed by atoms with E-state index in [0.717, 1.165) is 16.5 Å². The minimum atomic E-state index is -3.66. The van der Waals surface area contributed by atoms with Crippen molar-refractivity contribution in [2.45, 2.75) is 26.3 Å². The molecule has 1 aliphatic rings. The number of rotatable bonds is 5. The van der Waals surface area contributed by atoms with Gasteiger partial charge in [-0.1, -0.05) is 18.2 Å². The van der Waals surface area contributed by atoms with Gasteiger partial charge >= 0.3 is 0 Å². The average molecular weight is 364 g/mol. The van der Waals surface area contributed by atoms with Gasteiger partial charge < -0.3 is 9.88 Å². The highest BCUT2D eigenvalue weighted by Crippen LogP contribution is 2.24. The third-order valence-electron chi connectivity index (χ3n) is 4.89. The Morgan fingerprint density at radius 2 is 2.00 bits per heavy atom. The third-order valence-corrected chi connectivity index (χ3v) is 5.98. The summed E-state index contributed by atoms with van der Waals surface area (Å²) in [5.74, 6) is -0.0648. The van der Waals surface area contributed by atoms with Gasteiger partial charge in [-0.25, -0.2) is 5.14 Å². The third kappa shape index (κ3) is 3.86. The lowest BCUT2D eigenvalue weighted by Crippen LogP contribution is -2.46. The van der Waals surface area contributed by atoms with E-state index in [1.54, 1.807) is 0 Å². The molecular formula is C17H24N4O3S. The molecule has 0 aliphatic carbocycles. The number of amides is 1. The van der Waals surface area contributed by atoms with Crippen molar-refractivity contribution in [3.05, 3.63) is 36.0 Å². The molecule has 0 radical (unpaired) electrons. The van der Waals surface area contributed by atoms with Crippen LogP contribution in [0.25, 0.3) is 10.9 Å².